The van der Waals surface area contributed by atoms with Crippen LogP contribution in [0.4, 0.5) is 5.69 Å². The van der Waals surface area contributed by atoms with Crippen molar-refractivity contribution in [3.05, 3.63) is 59.2 Å². The summed E-state index contributed by atoms with van der Waals surface area (Å²) in [6.45, 7) is 5.31. The van der Waals surface area contributed by atoms with Gasteiger partial charge < -0.3 is 15.8 Å². The second kappa shape index (κ2) is 9.01. The Kier molecular flexibility index (Phi) is 6.74. The highest BCUT2D eigenvalue weighted by Gasteiger charge is 2.12. The Balaban J connectivity index is 1.81. The summed E-state index contributed by atoms with van der Waals surface area (Å²) in [7, 11) is 1.84. The number of rotatable bonds is 8. The quantitative estimate of drug-likeness (QED) is 0.761. The average Bonchev–Trinajstić information content (AvgIpc) is 2.54. The topological polar surface area (TPSA) is 84.7 Å². The van der Waals surface area contributed by atoms with Gasteiger partial charge in [-0.25, -0.2) is 0 Å². The fraction of sp³-hybridized carbons (Fsp3) is 0.300. The number of aryl methyl sites for hydroxylation is 2. The molecule has 0 fully saturated rings. The van der Waals surface area contributed by atoms with Gasteiger partial charge in [0.15, 0.2) is 0 Å². The van der Waals surface area contributed by atoms with Crippen molar-refractivity contribution in [2.45, 2.75) is 13.8 Å². The molecule has 0 saturated carbocycles. The van der Waals surface area contributed by atoms with E-state index in [1.54, 1.807) is 24.3 Å². The van der Waals surface area contributed by atoms with Crippen molar-refractivity contribution >= 4 is 17.5 Å². The summed E-state index contributed by atoms with van der Waals surface area (Å²) in [4.78, 5) is 25.4. The van der Waals surface area contributed by atoms with Gasteiger partial charge in [0.05, 0.1) is 17.8 Å². The van der Waals surface area contributed by atoms with Crippen LogP contribution in [-0.4, -0.2) is 43.5 Å². The molecule has 0 bridgehead atoms. The lowest BCUT2D eigenvalue weighted by atomic mass is 10.1. The molecule has 0 unspecified atom stereocenters. The summed E-state index contributed by atoms with van der Waals surface area (Å²) in [6.07, 6.45) is 0. The molecule has 0 aliphatic carbocycles. The summed E-state index contributed by atoms with van der Waals surface area (Å²) in [6, 6.07) is 12.7. The minimum Gasteiger partial charge on any atom is -0.492 e. The van der Waals surface area contributed by atoms with E-state index in [0.717, 1.165) is 16.9 Å². The third kappa shape index (κ3) is 5.89. The van der Waals surface area contributed by atoms with Crippen LogP contribution in [0.5, 0.6) is 5.75 Å². The number of likely N-dealkylation sites (N-methyl/N-ethyl adjacent to an activating group) is 1. The smallest absolute Gasteiger partial charge is 0.250 e. The first-order chi connectivity index (χ1) is 12.3. The number of para-hydroxylation sites is 1. The van der Waals surface area contributed by atoms with E-state index in [4.69, 9.17) is 10.5 Å². The van der Waals surface area contributed by atoms with Crippen molar-refractivity contribution in [3.63, 3.8) is 0 Å². The molecule has 138 valence electrons. The Hall–Kier alpha value is -2.86. The number of nitrogens with one attached hydrogen (secondary N) is 1. The standard InChI is InChI=1S/C20H25N3O3/c1-14-10-15(2)12-16(11-14)26-9-8-23(3)13-19(24)22-18-7-5-4-6-17(18)20(21)25/h4-7,10-12H,8-9,13H2,1-3H3,(H2,21,25)(H,22,24). The van der Waals surface area contributed by atoms with Gasteiger partial charge in [-0.3, -0.25) is 14.5 Å². The molecule has 6 heteroatoms. The number of nitrogens with two attached hydrogens (primary N) is 1. The van der Waals surface area contributed by atoms with Crippen molar-refractivity contribution in [1.29, 1.82) is 0 Å². The number of amides is 2. The molecule has 3 N–H and O–H groups in total. The van der Waals surface area contributed by atoms with Gasteiger partial charge in [-0.1, -0.05) is 18.2 Å². The molecule has 2 aromatic rings. The Morgan fingerprint density at radius 3 is 2.42 bits per heavy atom. The molecule has 6 nitrogen and oxygen atoms in total. The van der Waals surface area contributed by atoms with Crippen LogP contribution in [0, 0.1) is 13.8 Å². The summed E-state index contributed by atoms with van der Waals surface area (Å²) in [5, 5.41) is 2.72. The van der Waals surface area contributed by atoms with Crippen LogP contribution in [0.1, 0.15) is 21.5 Å². The molecule has 0 spiro atoms. The minimum absolute atomic E-state index is 0.184. The zero-order chi connectivity index (χ0) is 19.1. The van der Waals surface area contributed by atoms with E-state index in [9.17, 15) is 9.59 Å². The van der Waals surface area contributed by atoms with E-state index in [-0.39, 0.29) is 12.5 Å². The van der Waals surface area contributed by atoms with Crippen LogP contribution in [0.15, 0.2) is 42.5 Å². The average molecular weight is 355 g/mol. The number of carbonyl (C=O) groups is 2. The van der Waals surface area contributed by atoms with Gasteiger partial charge in [-0.05, 0) is 56.3 Å². The Bertz CT molecular complexity index is 769. The molecule has 2 aromatic carbocycles. The molecule has 0 saturated heterocycles. The van der Waals surface area contributed by atoms with Crippen LogP contribution >= 0.6 is 0 Å². The molecular weight excluding hydrogens is 330 g/mol. The number of benzene rings is 2. The van der Waals surface area contributed by atoms with E-state index >= 15 is 0 Å². The van der Waals surface area contributed by atoms with E-state index < -0.39 is 5.91 Å². The van der Waals surface area contributed by atoms with Crippen molar-refractivity contribution in [1.82, 2.24) is 4.90 Å². The number of anilines is 1. The molecule has 26 heavy (non-hydrogen) atoms. The van der Waals surface area contributed by atoms with Crippen LogP contribution in [0.3, 0.4) is 0 Å². The highest BCUT2D eigenvalue weighted by Crippen LogP contribution is 2.16. The highest BCUT2D eigenvalue weighted by molar-refractivity contribution is 6.03. The second-order valence-corrected chi connectivity index (χ2v) is 6.37. The first-order valence-corrected chi connectivity index (χ1v) is 8.43. The van der Waals surface area contributed by atoms with Crippen molar-refractivity contribution in [3.8, 4) is 5.75 Å². The van der Waals surface area contributed by atoms with Gasteiger partial charge in [0, 0.05) is 6.54 Å². The van der Waals surface area contributed by atoms with Crippen LogP contribution in [0.2, 0.25) is 0 Å². The maximum Gasteiger partial charge on any atom is 0.250 e. The monoisotopic (exact) mass is 355 g/mol. The second-order valence-electron chi connectivity index (χ2n) is 6.37. The first kappa shape index (κ1) is 19.5. The van der Waals surface area contributed by atoms with Crippen LogP contribution in [0.25, 0.3) is 0 Å². The number of primary amides is 1. The fourth-order valence-corrected chi connectivity index (χ4v) is 2.66. The zero-order valence-electron chi connectivity index (χ0n) is 15.4. The summed E-state index contributed by atoms with van der Waals surface area (Å²) in [5.41, 5.74) is 8.34. The minimum atomic E-state index is -0.573. The van der Waals surface area contributed by atoms with Crippen molar-refractivity contribution in [2.24, 2.45) is 5.73 Å². The molecule has 0 aromatic heterocycles. The van der Waals surface area contributed by atoms with Crippen LogP contribution in [-0.2, 0) is 4.79 Å². The maximum atomic E-state index is 12.2. The molecule has 2 amide bonds. The number of hydrogen-bond acceptors (Lipinski definition) is 4. The van der Waals surface area contributed by atoms with Crippen LogP contribution < -0.4 is 15.8 Å². The van der Waals surface area contributed by atoms with Crippen molar-refractivity contribution in [2.75, 3.05) is 32.1 Å². The number of carbonyl (C=O) groups excluding carboxylic acids is 2. The lowest BCUT2D eigenvalue weighted by molar-refractivity contribution is -0.117. The van der Waals surface area contributed by atoms with E-state index in [1.807, 2.05) is 37.9 Å². The number of hydrogen-bond donors (Lipinski definition) is 2. The molecule has 2 rings (SSSR count). The van der Waals surface area contributed by atoms with Gasteiger partial charge in [0.25, 0.3) is 5.91 Å². The van der Waals surface area contributed by atoms with Gasteiger partial charge >= 0.3 is 0 Å². The highest BCUT2D eigenvalue weighted by atomic mass is 16.5. The Labute approximate surface area is 153 Å². The predicted octanol–water partition coefficient (Wildman–Crippen LogP) is 2.35. The van der Waals surface area contributed by atoms with Gasteiger partial charge in [-0.15, -0.1) is 0 Å². The summed E-state index contributed by atoms with van der Waals surface area (Å²) < 4.78 is 5.75. The lowest BCUT2D eigenvalue weighted by Gasteiger charge is -2.17. The lowest BCUT2D eigenvalue weighted by Crippen LogP contribution is -2.33. The first-order valence-electron chi connectivity index (χ1n) is 8.43. The Morgan fingerprint density at radius 2 is 1.77 bits per heavy atom. The molecule has 0 heterocycles. The molecular formula is C20H25N3O3. The number of ether oxygens (including phenoxy) is 1. The van der Waals surface area contributed by atoms with E-state index in [0.29, 0.717) is 24.4 Å². The third-order valence-electron chi connectivity index (χ3n) is 3.82. The fourth-order valence-electron chi connectivity index (χ4n) is 2.66. The summed E-state index contributed by atoms with van der Waals surface area (Å²) in [5.74, 6) is 0.0411. The normalized spacial score (nSPS) is 10.6. The van der Waals surface area contributed by atoms with Gasteiger partial charge in [0.2, 0.25) is 5.91 Å². The van der Waals surface area contributed by atoms with E-state index in [2.05, 4.69) is 11.4 Å². The summed E-state index contributed by atoms with van der Waals surface area (Å²) >= 11 is 0. The SMILES string of the molecule is Cc1cc(C)cc(OCCN(C)CC(=O)Nc2ccccc2C(N)=O)c1. The van der Waals surface area contributed by atoms with E-state index in [1.165, 1.54) is 0 Å². The molecule has 0 aliphatic heterocycles. The molecule has 0 radical (unpaired) electrons. The number of nitrogens with zero attached hydrogens (tertiary/aromatic N) is 1. The Morgan fingerprint density at radius 1 is 1.12 bits per heavy atom. The predicted molar refractivity (Wildman–Crippen MR) is 102 cm³/mol. The zero-order valence-corrected chi connectivity index (χ0v) is 15.4. The largest absolute Gasteiger partial charge is 0.492 e. The van der Waals surface area contributed by atoms with Gasteiger partial charge in [0.1, 0.15) is 12.4 Å². The molecule has 0 aliphatic rings. The van der Waals surface area contributed by atoms with Crippen molar-refractivity contribution < 1.29 is 14.3 Å². The third-order valence-corrected chi connectivity index (χ3v) is 3.82. The van der Waals surface area contributed by atoms with Gasteiger partial charge in [-0.2, -0.15) is 0 Å². The maximum absolute atomic E-state index is 12.2. The molecule has 0 atom stereocenters.